The van der Waals surface area contributed by atoms with Gasteiger partial charge in [-0.25, -0.2) is 9.59 Å². The minimum Gasteiger partial charge on any atom is -0.461 e. The molecule has 0 spiro atoms. The van der Waals surface area contributed by atoms with Gasteiger partial charge in [0.1, 0.15) is 11.4 Å². The minimum absolute atomic E-state index is 0. The number of carbonyl (C=O) groups excluding carboxylic acids is 4. The molecule has 0 fully saturated rings. The fourth-order valence-electron chi connectivity index (χ4n) is 1.41. The third kappa shape index (κ3) is 12.0. The second-order valence-electron chi connectivity index (χ2n) is 4.65. The van der Waals surface area contributed by atoms with Gasteiger partial charge >= 0.3 is 11.9 Å². The molecule has 2 N–H and O–H groups in total. The molecule has 0 saturated heterocycles. The number of unbranched alkanes of at least 4 members (excludes halogenated alkanes) is 2. The van der Waals surface area contributed by atoms with E-state index in [9.17, 15) is 19.2 Å². The van der Waals surface area contributed by atoms with Gasteiger partial charge in [0.15, 0.2) is 0 Å². The Morgan fingerprint density at radius 3 is 1.38 bits per heavy atom. The minimum atomic E-state index is -0.682. The predicted molar refractivity (Wildman–Crippen MR) is 88.4 cm³/mol. The molecule has 0 aromatic rings. The predicted octanol–water partition coefficient (Wildman–Crippen LogP) is 1.18. The van der Waals surface area contributed by atoms with Gasteiger partial charge in [-0.1, -0.05) is 20.6 Å². The second kappa shape index (κ2) is 12.9. The lowest BCUT2D eigenvalue weighted by Crippen LogP contribution is -2.25. The number of carbonyl (C=O) groups is 4. The Morgan fingerprint density at radius 2 is 1.08 bits per heavy atom. The highest BCUT2D eigenvalue weighted by molar-refractivity contribution is 5.93. The summed E-state index contributed by atoms with van der Waals surface area (Å²) in [5.74, 6) is -2.15. The molecule has 0 radical (unpaired) electrons. The maximum absolute atomic E-state index is 11.4. The van der Waals surface area contributed by atoms with Crippen LogP contribution >= 0.6 is 0 Å². The fourth-order valence-corrected chi connectivity index (χ4v) is 1.41. The lowest BCUT2D eigenvalue weighted by atomic mass is 10.2. The fraction of sp³-hybridized carbons (Fsp3) is 0.500. The molecule has 8 nitrogen and oxygen atoms in total. The zero-order chi connectivity index (χ0) is 17.8. The van der Waals surface area contributed by atoms with Crippen LogP contribution in [-0.2, 0) is 28.7 Å². The monoisotopic (exact) mass is 342 g/mol. The average molecular weight is 342 g/mol. The van der Waals surface area contributed by atoms with Gasteiger partial charge in [0.05, 0.1) is 13.2 Å². The number of amides is 2. The van der Waals surface area contributed by atoms with Gasteiger partial charge in [-0.2, -0.15) is 0 Å². The molecular formula is C16H26N2O6. The molecule has 24 heavy (non-hydrogen) atoms. The molecule has 0 atom stereocenters. The van der Waals surface area contributed by atoms with Gasteiger partial charge < -0.3 is 20.1 Å². The number of esters is 2. The lowest BCUT2D eigenvalue weighted by molar-refractivity contribution is -0.140. The summed E-state index contributed by atoms with van der Waals surface area (Å²) in [7, 11) is 0. The zero-order valence-electron chi connectivity index (χ0n) is 13.4. The third-order valence-corrected chi connectivity index (χ3v) is 2.40. The van der Waals surface area contributed by atoms with Gasteiger partial charge in [0.25, 0.3) is 0 Å². The maximum Gasteiger partial charge on any atom is 0.354 e. The van der Waals surface area contributed by atoms with Crippen LogP contribution in [0.5, 0.6) is 0 Å². The van der Waals surface area contributed by atoms with E-state index >= 15 is 0 Å². The quantitative estimate of drug-likeness (QED) is 0.350. The Kier molecular flexibility index (Phi) is 12.7. The van der Waals surface area contributed by atoms with Crippen molar-refractivity contribution in [3.8, 4) is 0 Å². The third-order valence-electron chi connectivity index (χ3n) is 2.40. The Morgan fingerprint density at radius 1 is 0.750 bits per heavy atom. The van der Waals surface area contributed by atoms with E-state index in [1.807, 2.05) is 0 Å². The first-order valence-corrected chi connectivity index (χ1v) is 7.01. The summed E-state index contributed by atoms with van der Waals surface area (Å²) < 4.78 is 9.78. The standard InChI is InChI=1S/C15H22N2O6.CH4/c1-10(16-12(3)18)14(20)22-8-6-5-7-9-23-15(21)11(2)17-13(4)19;/h1-2,5-9H2,3-4H3,(H,16,18)(H,17,19);1H4. The van der Waals surface area contributed by atoms with Crippen molar-refractivity contribution in [2.75, 3.05) is 13.2 Å². The van der Waals surface area contributed by atoms with Crippen molar-refractivity contribution in [3.63, 3.8) is 0 Å². The topological polar surface area (TPSA) is 111 Å². The van der Waals surface area contributed by atoms with Crippen LogP contribution in [-0.4, -0.2) is 37.0 Å². The van der Waals surface area contributed by atoms with E-state index in [1.165, 1.54) is 13.8 Å². The SMILES string of the molecule is C.C=C(NC(C)=O)C(=O)OCCCCCOC(=O)C(=C)NC(C)=O. The summed E-state index contributed by atoms with van der Waals surface area (Å²) in [6, 6.07) is 0. The molecule has 136 valence electrons. The molecule has 0 aromatic carbocycles. The van der Waals surface area contributed by atoms with Gasteiger partial charge in [0, 0.05) is 13.8 Å². The van der Waals surface area contributed by atoms with Crippen LogP contribution in [0, 0.1) is 0 Å². The molecule has 0 heterocycles. The molecule has 0 aliphatic rings. The number of hydrogen-bond donors (Lipinski definition) is 2. The van der Waals surface area contributed by atoms with Crippen LogP contribution in [0.2, 0.25) is 0 Å². The van der Waals surface area contributed by atoms with Crippen LogP contribution in [0.3, 0.4) is 0 Å². The molecule has 0 aromatic heterocycles. The van der Waals surface area contributed by atoms with E-state index in [-0.39, 0.29) is 32.0 Å². The number of ether oxygens (including phenoxy) is 2. The summed E-state index contributed by atoms with van der Waals surface area (Å²) in [5, 5.41) is 4.47. The molecule has 0 unspecified atom stereocenters. The van der Waals surface area contributed by atoms with Crippen LogP contribution in [0.1, 0.15) is 40.5 Å². The molecule has 2 amide bonds. The van der Waals surface area contributed by atoms with Crippen molar-refractivity contribution in [3.05, 3.63) is 24.6 Å². The van der Waals surface area contributed by atoms with Crippen LogP contribution in [0.4, 0.5) is 0 Å². The summed E-state index contributed by atoms with van der Waals surface area (Å²) in [5.41, 5.74) is -0.217. The molecular weight excluding hydrogens is 316 g/mol. The first kappa shape index (κ1) is 23.6. The Hall–Kier alpha value is -2.64. The van der Waals surface area contributed by atoms with E-state index < -0.39 is 23.8 Å². The zero-order valence-corrected chi connectivity index (χ0v) is 13.4. The van der Waals surface area contributed by atoms with E-state index in [0.29, 0.717) is 19.3 Å². The number of hydrogen-bond acceptors (Lipinski definition) is 6. The maximum atomic E-state index is 11.4. The van der Waals surface area contributed by atoms with E-state index in [1.54, 1.807) is 0 Å². The smallest absolute Gasteiger partial charge is 0.354 e. The number of nitrogens with one attached hydrogen (secondary N) is 2. The Bertz CT molecular complexity index is 455. The van der Waals surface area contributed by atoms with Crippen molar-refractivity contribution in [1.29, 1.82) is 0 Å². The van der Waals surface area contributed by atoms with Gasteiger partial charge in [0.2, 0.25) is 11.8 Å². The summed E-state index contributed by atoms with van der Waals surface area (Å²) in [6.45, 7) is 9.62. The summed E-state index contributed by atoms with van der Waals surface area (Å²) in [4.78, 5) is 44.2. The second-order valence-corrected chi connectivity index (χ2v) is 4.65. The Balaban J connectivity index is 0. The largest absolute Gasteiger partial charge is 0.461 e. The first-order chi connectivity index (χ1) is 10.7. The molecule has 8 heteroatoms. The van der Waals surface area contributed by atoms with Crippen molar-refractivity contribution in [2.24, 2.45) is 0 Å². The van der Waals surface area contributed by atoms with Gasteiger partial charge in [-0.15, -0.1) is 0 Å². The van der Waals surface area contributed by atoms with Crippen molar-refractivity contribution >= 4 is 23.8 Å². The highest BCUT2D eigenvalue weighted by Gasteiger charge is 2.10. The Labute approximate surface area is 142 Å². The van der Waals surface area contributed by atoms with E-state index in [2.05, 4.69) is 23.8 Å². The summed E-state index contributed by atoms with van der Waals surface area (Å²) >= 11 is 0. The van der Waals surface area contributed by atoms with Crippen LogP contribution < -0.4 is 10.6 Å². The van der Waals surface area contributed by atoms with Crippen LogP contribution in [0.15, 0.2) is 24.6 Å². The molecule has 0 bridgehead atoms. The summed E-state index contributed by atoms with van der Waals surface area (Å²) in [6.07, 6.45) is 1.81. The van der Waals surface area contributed by atoms with Crippen molar-refractivity contribution in [2.45, 2.75) is 40.5 Å². The van der Waals surface area contributed by atoms with Crippen molar-refractivity contribution < 1.29 is 28.7 Å². The molecule has 0 saturated carbocycles. The van der Waals surface area contributed by atoms with Crippen molar-refractivity contribution in [1.82, 2.24) is 10.6 Å². The van der Waals surface area contributed by atoms with Crippen LogP contribution in [0.25, 0.3) is 0 Å². The molecule has 0 aliphatic carbocycles. The highest BCUT2D eigenvalue weighted by atomic mass is 16.5. The number of rotatable bonds is 10. The first-order valence-electron chi connectivity index (χ1n) is 7.01. The lowest BCUT2D eigenvalue weighted by Gasteiger charge is -2.08. The van der Waals surface area contributed by atoms with E-state index in [0.717, 1.165) is 0 Å². The van der Waals surface area contributed by atoms with Gasteiger partial charge in [-0.3, -0.25) is 9.59 Å². The molecule has 0 aliphatic heterocycles. The average Bonchev–Trinajstić information content (AvgIpc) is 2.44. The van der Waals surface area contributed by atoms with Gasteiger partial charge in [-0.05, 0) is 19.3 Å². The highest BCUT2D eigenvalue weighted by Crippen LogP contribution is 2.00. The normalized spacial score (nSPS) is 9.08. The van der Waals surface area contributed by atoms with E-state index in [4.69, 9.17) is 9.47 Å². The molecule has 0 rings (SSSR count).